The summed E-state index contributed by atoms with van der Waals surface area (Å²) in [6.45, 7) is 1.96. The number of aryl methyl sites for hydroxylation is 1. The molecule has 136 valence electrons. The Morgan fingerprint density at radius 1 is 1.00 bits per heavy atom. The van der Waals surface area contributed by atoms with Gasteiger partial charge in [-0.05, 0) is 43.5 Å². The van der Waals surface area contributed by atoms with Crippen LogP contribution in [0.4, 0.5) is 0 Å². The first-order valence-corrected chi connectivity index (χ1v) is 10.7. The largest absolute Gasteiger partial charge is 0.361 e. The van der Waals surface area contributed by atoms with E-state index in [0.717, 1.165) is 36.8 Å². The fourth-order valence-electron chi connectivity index (χ4n) is 4.03. The monoisotopic (exact) mass is 368 g/mol. The van der Waals surface area contributed by atoms with Gasteiger partial charge in [-0.2, -0.15) is 0 Å². The summed E-state index contributed by atoms with van der Waals surface area (Å²) in [5, 5.41) is 1.19. The van der Waals surface area contributed by atoms with Crippen LogP contribution < -0.4 is 4.72 Å². The minimum absolute atomic E-state index is 0.0748. The second-order valence-corrected chi connectivity index (χ2v) is 8.94. The molecule has 3 aromatic rings. The number of hydrogen-bond acceptors (Lipinski definition) is 2. The van der Waals surface area contributed by atoms with Gasteiger partial charge in [-0.1, -0.05) is 48.7 Å². The molecule has 1 saturated carbocycles. The van der Waals surface area contributed by atoms with E-state index in [2.05, 4.69) is 21.8 Å². The zero-order valence-corrected chi connectivity index (χ0v) is 15.7. The highest BCUT2D eigenvalue weighted by atomic mass is 32.2. The van der Waals surface area contributed by atoms with E-state index in [-0.39, 0.29) is 12.0 Å². The number of sulfonamides is 1. The van der Waals surface area contributed by atoms with E-state index < -0.39 is 10.0 Å². The summed E-state index contributed by atoms with van der Waals surface area (Å²) in [7, 11) is -3.51. The maximum absolute atomic E-state index is 12.9. The Hall–Kier alpha value is -2.11. The molecule has 0 saturated heterocycles. The fraction of sp³-hybridized carbons (Fsp3) is 0.333. The van der Waals surface area contributed by atoms with Gasteiger partial charge in [-0.15, -0.1) is 0 Å². The number of fused-ring (bicyclic) bond motifs is 1. The Morgan fingerprint density at radius 3 is 2.54 bits per heavy atom. The summed E-state index contributed by atoms with van der Waals surface area (Å²) in [4.78, 5) is 3.67. The predicted octanol–water partition coefficient (Wildman–Crippen LogP) is 4.48. The van der Waals surface area contributed by atoms with E-state index in [1.807, 2.05) is 37.4 Å². The number of aromatic amines is 1. The van der Waals surface area contributed by atoms with Crippen LogP contribution >= 0.6 is 0 Å². The third-order valence-electron chi connectivity index (χ3n) is 5.42. The molecule has 5 heteroatoms. The molecule has 26 heavy (non-hydrogen) atoms. The van der Waals surface area contributed by atoms with Crippen LogP contribution in [-0.2, 0) is 10.0 Å². The van der Waals surface area contributed by atoms with Crippen molar-refractivity contribution in [3.63, 3.8) is 0 Å². The van der Waals surface area contributed by atoms with Gasteiger partial charge in [-0.25, -0.2) is 13.1 Å². The topological polar surface area (TPSA) is 62.0 Å². The number of nitrogens with one attached hydrogen (secondary N) is 2. The van der Waals surface area contributed by atoms with E-state index in [4.69, 9.17) is 0 Å². The first kappa shape index (κ1) is 17.3. The smallest absolute Gasteiger partial charge is 0.240 e. The third kappa shape index (κ3) is 3.29. The van der Waals surface area contributed by atoms with Gasteiger partial charge >= 0.3 is 0 Å². The van der Waals surface area contributed by atoms with Crippen LogP contribution in [0.25, 0.3) is 10.9 Å². The molecule has 0 unspecified atom stereocenters. The van der Waals surface area contributed by atoms with Gasteiger partial charge < -0.3 is 4.98 Å². The SMILES string of the molecule is Cc1ccc(S(=O)(=O)N[C@@H]2CCCC[C@H]2c2c[nH]c3ccccc23)cc1. The van der Waals surface area contributed by atoms with E-state index in [0.29, 0.717) is 4.90 Å². The molecule has 0 radical (unpaired) electrons. The normalized spacial score (nSPS) is 21.1. The molecule has 0 amide bonds. The lowest BCUT2D eigenvalue weighted by molar-refractivity contribution is 0.363. The van der Waals surface area contributed by atoms with Gasteiger partial charge in [-0.3, -0.25) is 0 Å². The number of aromatic nitrogens is 1. The maximum Gasteiger partial charge on any atom is 0.240 e. The van der Waals surface area contributed by atoms with Crippen molar-refractivity contribution in [3.05, 3.63) is 65.9 Å². The van der Waals surface area contributed by atoms with Crippen molar-refractivity contribution < 1.29 is 8.42 Å². The average molecular weight is 369 g/mol. The lowest BCUT2D eigenvalue weighted by Crippen LogP contribution is -2.40. The molecule has 2 N–H and O–H groups in total. The van der Waals surface area contributed by atoms with Crippen LogP contribution in [0.5, 0.6) is 0 Å². The maximum atomic E-state index is 12.9. The molecule has 4 rings (SSSR count). The van der Waals surface area contributed by atoms with Crippen LogP contribution in [0, 0.1) is 6.92 Å². The molecule has 1 aliphatic carbocycles. The first-order chi connectivity index (χ1) is 12.5. The van der Waals surface area contributed by atoms with E-state index in [1.165, 1.54) is 10.9 Å². The minimum atomic E-state index is -3.51. The van der Waals surface area contributed by atoms with Gasteiger partial charge in [0.1, 0.15) is 0 Å². The second kappa shape index (κ2) is 6.89. The van der Waals surface area contributed by atoms with Gasteiger partial charge in [0.05, 0.1) is 4.90 Å². The van der Waals surface area contributed by atoms with Crippen molar-refractivity contribution in [3.8, 4) is 0 Å². The molecular formula is C21H24N2O2S. The number of hydrogen-bond donors (Lipinski definition) is 2. The summed E-state index contributed by atoms with van der Waals surface area (Å²) in [5.74, 6) is 0.195. The van der Waals surface area contributed by atoms with Crippen molar-refractivity contribution in [1.29, 1.82) is 0 Å². The Bertz CT molecular complexity index is 1010. The van der Waals surface area contributed by atoms with E-state index >= 15 is 0 Å². The molecule has 0 aliphatic heterocycles. The molecular weight excluding hydrogens is 344 g/mol. The number of benzene rings is 2. The molecule has 0 spiro atoms. The lowest BCUT2D eigenvalue weighted by atomic mass is 9.80. The Balaban J connectivity index is 1.65. The summed E-state index contributed by atoms with van der Waals surface area (Å²) < 4.78 is 28.7. The fourth-order valence-corrected chi connectivity index (χ4v) is 5.34. The Morgan fingerprint density at radius 2 is 1.73 bits per heavy atom. The minimum Gasteiger partial charge on any atom is -0.361 e. The van der Waals surface area contributed by atoms with Crippen LogP contribution in [0.1, 0.15) is 42.7 Å². The van der Waals surface area contributed by atoms with E-state index in [9.17, 15) is 8.42 Å². The van der Waals surface area contributed by atoms with Crippen LogP contribution in [0.15, 0.2) is 59.6 Å². The molecule has 0 bridgehead atoms. The molecule has 2 aromatic carbocycles. The molecule has 1 aliphatic rings. The molecule has 1 aromatic heterocycles. The summed E-state index contributed by atoms with van der Waals surface area (Å²) in [5.41, 5.74) is 3.38. The van der Waals surface area contributed by atoms with Crippen molar-refractivity contribution in [2.24, 2.45) is 0 Å². The van der Waals surface area contributed by atoms with Crippen LogP contribution in [0.3, 0.4) is 0 Å². The van der Waals surface area contributed by atoms with E-state index in [1.54, 1.807) is 12.1 Å². The van der Waals surface area contributed by atoms with Crippen molar-refractivity contribution in [2.45, 2.75) is 49.5 Å². The second-order valence-electron chi connectivity index (χ2n) is 7.22. The number of para-hydroxylation sites is 1. The highest BCUT2D eigenvalue weighted by molar-refractivity contribution is 7.89. The quantitative estimate of drug-likeness (QED) is 0.713. The highest BCUT2D eigenvalue weighted by Crippen LogP contribution is 2.37. The third-order valence-corrected chi connectivity index (χ3v) is 6.93. The molecule has 4 nitrogen and oxygen atoms in total. The highest BCUT2D eigenvalue weighted by Gasteiger charge is 2.31. The predicted molar refractivity (Wildman–Crippen MR) is 105 cm³/mol. The zero-order valence-electron chi connectivity index (χ0n) is 14.9. The average Bonchev–Trinajstić information content (AvgIpc) is 3.06. The van der Waals surface area contributed by atoms with Crippen molar-refractivity contribution in [1.82, 2.24) is 9.71 Å². The summed E-state index contributed by atoms with van der Waals surface area (Å²) >= 11 is 0. The van der Waals surface area contributed by atoms with Gasteiger partial charge in [0.2, 0.25) is 10.0 Å². The Labute approximate surface area is 154 Å². The first-order valence-electron chi connectivity index (χ1n) is 9.19. The van der Waals surface area contributed by atoms with Crippen molar-refractivity contribution in [2.75, 3.05) is 0 Å². The van der Waals surface area contributed by atoms with Crippen molar-refractivity contribution >= 4 is 20.9 Å². The molecule has 1 fully saturated rings. The Kier molecular flexibility index (Phi) is 4.59. The van der Waals surface area contributed by atoms with Gasteiger partial charge in [0, 0.05) is 29.1 Å². The van der Waals surface area contributed by atoms with Crippen LogP contribution in [-0.4, -0.2) is 19.4 Å². The number of rotatable bonds is 4. The zero-order chi connectivity index (χ0) is 18.1. The lowest BCUT2D eigenvalue weighted by Gasteiger charge is -2.32. The van der Waals surface area contributed by atoms with Crippen LogP contribution in [0.2, 0.25) is 0 Å². The number of H-pyrrole nitrogens is 1. The summed E-state index contributed by atoms with van der Waals surface area (Å²) in [6, 6.07) is 15.2. The standard InChI is InChI=1S/C21H24N2O2S/c1-15-10-12-16(13-11-15)26(24,25)23-21-9-5-3-7-18(21)19-14-22-20-8-4-2-6-17(19)20/h2,4,6,8,10-14,18,21-23H,3,5,7,9H2,1H3/t18-,21+/m0/s1. The summed E-state index contributed by atoms with van der Waals surface area (Å²) in [6.07, 6.45) is 6.11. The molecule has 1 heterocycles. The van der Waals surface area contributed by atoms with Gasteiger partial charge in [0.15, 0.2) is 0 Å². The molecule has 2 atom stereocenters. The van der Waals surface area contributed by atoms with Gasteiger partial charge in [0.25, 0.3) is 0 Å².